The molecule has 4 nitrogen and oxygen atoms in total. The summed E-state index contributed by atoms with van der Waals surface area (Å²) in [7, 11) is 0. The summed E-state index contributed by atoms with van der Waals surface area (Å²) in [4.78, 5) is 24.3. The zero-order valence-corrected chi connectivity index (χ0v) is 14.0. The third-order valence-corrected chi connectivity index (χ3v) is 4.36. The van der Waals surface area contributed by atoms with Gasteiger partial charge in [0.1, 0.15) is 0 Å². The van der Waals surface area contributed by atoms with E-state index in [1.54, 1.807) is 0 Å². The van der Waals surface area contributed by atoms with E-state index in [9.17, 15) is 9.59 Å². The molecule has 2 aromatic carbocycles. The second-order valence-electron chi connectivity index (χ2n) is 5.65. The maximum atomic E-state index is 12.2. The molecule has 0 aliphatic heterocycles. The minimum absolute atomic E-state index is 0.0526. The highest BCUT2D eigenvalue weighted by Gasteiger charge is 2.47. The maximum Gasteiger partial charge on any atom is 0.228 e. The van der Waals surface area contributed by atoms with Crippen LogP contribution in [0.2, 0.25) is 0 Å². The van der Waals surface area contributed by atoms with Gasteiger partial charge in [-0.1, -0.05) is 52.3 Å². The SMILES string of the molecule is O=C(NCc1ccccc1)C1CC1C(=O)Nc1cccc(Br)c1. The zero-order valence-electron chi connectivity index (χ0n) is 12.5. The van der Waals surface area contributed by atoms with Gasteiger partial charge in [0.15, 0.2) is 0 Å². The third-order valence-electron chi connectivity index (χ3n) is 3.87. The van der Waals surface area contributed by atoms with Crippen molar-refractivity contribution in [2.75, 3.05) is 5.32 Å². The van der Waals surface area contributed by atoms with Crippen LogP contribution in [-0.4, -0.2) is 11.8 Å². The van der Waals surface area contributed by atoms with Crippen LogP contribution in [0.4, 0.5) is 5.69 Å². The highest BCUT2D eigenvalue weighted by atomic mass is 79.9. The average molecular weight is 373 g/mol. The highest BCUT2D eigenvalue weighted by Crippen LogP contribution is 2.39. The number of hydrogen-bond donors (Lipinski definition) is 2. The van der Waals surface area contributed by atoms with Crippen LogP contribution in [0.15, 0.2) is 59.1 Å². The van der Waals surface area contributed by atoms with Crippen LogP contribution in [0.25, 0.3) is 0 Å². The van der Waals surface area contributed by atoms with Gasteiger partial charge in [0, 0.05) is 16.7 Å². The number of benzene rings is 2. The van der Waals surface area contributed by atoms with Crippen molar-refractivity contribution in [1.29, 1.82) is 0 Å². The Morgan fingerprint density at radius 3 is 2.48 bits per heavy atom. The molecule has 1 fully saturated rings. The Balaban J connectivity index is 1.48. The minimum atomic E-state index is -0.232. The lowest BCUT2D eigenvalue weighted by Gasteiger charge is -2.06. The van der Waals surface area contributed by atoms with Crippen LogP contribution in [-0.2, 0) is 16.1 Å². The number of hydrogen-bond acceptors (Lipinski definition) is 2. The summed E-state index contributed by atoms with van der Waals surface area (Å²) in [5.41, 5.74) is 1.79. The van der Waals surface area contributed by atoms with E-state index in [2.05, 4.69) is 26.6 Å². The molecule has 0 heterocycles. The first kappa shape index (κ1) is 15.7. The molecule has 1 aliphatic carbocycles. The van der Waals surface area contributed by atoms with Gasteiger partial charge >= 0.3 is 0 Å². The second kappa shape index (κ2) is 6.96. The quantitative estimate of drug-likeness (QED) is 0.845. The standard InChI is InChI=1S/C18H17BrN2O2/c19-13-7-4-8-14(9-13)21-18(23)16-10-15(16)17(22)20-11-12-5-2-1-3-6-12/h1-9,15-16H,10-11H2,(H,20,22)(H,21,23). The van der Waals surface area contributed by atoms with E-state index in [1.165, 1.54) is 0 Å². The van der Waals surface area contributed by atoms with Crippen molar-refractivity contribution in [2.24, 2.45) is 11.8 Å². The van der Waals surface area contributed by atoms with E-state index in [1.807, 2.05) is 54.6 Å². The first-order valence-electron chi connectivity index (χ1n) is 7.51. The number of amides is 2. The number of carbonyl (C=O) groups excluding carboxylic acids is 2. The summed E-state index contributed by atoms with van der Waals surface area (Å²) in [6.07, 6.45) is 0.612. The Hall–Kier alpha value is -2.14. The Kier molecular flexibility index (Phi) is 4.76. The molecule has 2 N–H and O–H groups in total. The van der Waals surface area contributed by atoms with Crippen LogP contribution >= 0.6 is 15.9 Å². The lowest BCUT2D eigenvalue weighted by atomic mass is 10.2. The van der Waals surface area contributed by atoms with E-state index in [4.69, 9.17) is 0 Å². The van der Waals surface area contributed by atoms with E-state index < -0.39 is 0 Å². The van der Waals surface area contributed by atoms with Crippen LogP contribution in [0.5, 0.6) is 0 Å². The molecule has 2 unspecified atom stereocenters. The van der Waals surface area contributed by atoms with Crippen molar-refractivity contribution < 1.29 is 9.59 Å². The summed E-state index contributed by atoms with van der Waals surface area (Å²) >= 11 is 3.37. The summed E-state index contributed by atoms with van der Waals surface area (Å²) in [6.45, 7) is 0.496. The zero-order chi connectivity index (χ0) is 16.2. The predicted molar refractivity (Wildman–Crippen MR) is 92.7 cm³/mol. The molecule has 23 heavy (non-hydrogen) atoms. The van der Waals surface area contributed by atoms with Crippen LogP contribution in [0.3, 0.4) is 0 Å². The van der Waals surface area contributed by atoms with Crippen molar-refractivity contribution in [3.63, 3.8) is 0 Å². The largest absolute Gasteiger partial charge is 0.352 e. The Labute approximate surface area is 143 Å². The molecule has 3 rings (SSSR count). The Bertz CT molecular complexity index is 718. The van der Waals surface area contributed by atoms with Crippen LogP contribution in [0.1, 0.15) is 12.0 Å². The van der Waals surface area contributed by atoms with E-state index >= 15 is 0 Å². The number of carbonyl (C=O) groups is 2. The monoisotopic (exact) mass is 372 g/mol. The van der Waals surface area contributed by atoms with Crippen molar-refractivity contribution in [2.45, 2.75) is 13.0 Å². The van der Waals surface area contributed by atoms with Gasteiger partial charge in [0.25, 0.3) is 0 Å². The minimum Gasteiger partial charge on any atom is -0.352 e. The van der Waals surface area contributed by atoms with Gasteiger partial charge in [0.2, 0.25) is 11.8 Å². The van der Waals surface area contributed by atoms with Gasteiger partial charge in [-0.2, -0.15) is 0 Å². The van der Waals surface area contributed by atoms with E-state index in [0.29, 0.717) is 13.0 Å². The van der Waals surface area contributed by atoms with Crippen molar-refractivity contribution >= 4 is 33.4 Å². The lowest BCUT2D eigenvalue weighted by molar-refractivity contribution is -0.125. The summed E-state index contributed by atoms with van der Waals surface area (Å²) in [6, 6.07) is 17.2. The van der Waals surface area contributed by atoms with Crippen LogP contribution < -0.4 is 10.6 Å². The first-order valence-corrected chi connectivity index (χ1v) is 8.31. The molecular weight excluding hydrogens is 356 g/mol. The van der Waals surface area contributed by atoms with Gasteiger partial charge in [-0.25, -0.2) is 0 Å². The molecule has 2 aromatic rings. The van der Waals surface area contributed by atoms with Crippen molar-refractivity contribution in [3.8, 4) is 0 Å². The van der Waals surface area contributed by atoms with Crippen molar-refractivity contribution in [3.05, 3.63) is 64.6 Å². The topological polar surface area (TPSA) is 58.2 Å². The normalized spacial score (nSPS) is 19.0. The molecule has 0 radical (unpaired) electrons. The number of nitrogens with one attached hydrogen (secondary N) is 2. The smallest absolute Gasteiger partial charge is 0.228 e. The number of halogens is 1. The molecule has 2 amide bonds. The molecule has 0 bridgehead atoms. The Morgan fingerprint density at radius 1 is 1.00 bits per heavy atom. The lowest BCUT2D eigenvalue weighted by Crippen LogP contribution is -2.27. The fourth-order valence-electron chi connectivity index (χ4n) is 2.49. The van der Waals surface area contributed by atoms with E-state index in [-0.39, 0.29) is 23.7 Å². The van der Waals surface area contributed by atoms with Gasteiger partial charge in [-0.3, -0.25) is 9.59 Å². The number of anilines is 1. The van der Waals surface area contributed by atoms with Crippen molar-refractivity contribution in [1.82, 2.24) is 5.32 Å². The maximum absolute atomic E-state index is 12.2. The molecule has 0 spiro atoms. The molecule has 118 valence electrons. The molecule has 1 saturated carbocycles. The van der Waals surface area contributed by atoms with Gasteiger partial charge < -0.3 is 10.6 Å². The molecule has 1 aliphatic rings. The predicted octanol–water partition coefficient (Wildman–Crippen LogP) is 3.34. The molecule has 5 heteroatoms. The fraction of sp³-hybridized carbons (Fsp3) is 0.222. The van der Waals surface area contributed by atoms with Crippen LogP contribution in [0, 0.1) is 11.8 Å². The summed E-state index contributed by atoms with van der Waals surface area (Å²) in [5, 5.41) is 5.75. The molecule has 0 saturated heterocycles. The molecule has 0 aromatic heterocycles. The molecular formula is C18H17BrN2O2. The number of rotatable bonds is 5. The summed E-state index contributed by atoms with van der Waals surface area (Å²) < 4.78 is 0.906. The second-order valence-corrected chi connectivity index (χ2v) is 6.57. The Morgan fingerprint density at radius 2 is 1.74 bits per heavy atom. The summed E-state index contributed by atoms with van der Waals surface area (Å²) in [5.74, 6) is -0.596. The molecule has 2 atom stereocenters. The fourth-order valence-corrected chi connectivity index (χ4v) is 2.89. The third kappa shape index (κ3) is 4.20. The van der Waals surface area contributed by atoms with E-state index in [0.717, 1.165) is 15.7 Å². The first-order chi connectivity index (χ1) is 11.1. The highest BCUT2D eigenvalue weighted by molar-refractivity contribution is 9.10. The van der Waals surface area contributed by atoms with Gasteiger partial charge in [-0.05, 0) is 30.2 Å². The van der Waals surface area contributed by atoms with Gasteiger partial charge in [-0.15, -0.1) is 0 Å². The average Bonchev–Trinajstić information content (AvgIpc) is 3.34. The van der Waals surface area contributed by atoms with Gasteiger partial charge in [0.05, 0.1) is 11.8 Å².